The van der Waals surface area contributed by atoms with Crippen molar-refractivity contribution >= 4 is 39.7 Å². The van der Waals surface area contributed by atoms with Crippen molar-refractivity contribution in [2.45, 2.75) is 13.3 Å². The summed E-state index contributed by atoms with van der Waals surface area (Å²) >= 11 is 9.37. The van der Waals surface area contributed by atoms with Gasteiger partial charge in [0, 0.05) is 22.1 Å². The van der Waals surface area contributed by atoms with E-state index in [1.807, 2.05) is 49.4 Å². The lowest BCUT2D eigenvalue weighted by Crippen LogP contribution is -2.23. The number of phenolic OH excluding ortho intramolecular Hbond substituents is 1. The molecule has 0 aliphatic heterocycles. The maximum Gasteiger partial charge on any atom is 0.271 e. The Kier molecular flexibility index (Phi) is 10.1. The maximum absolute atomic E-state index is 12.4. The van der Waals surface area contributed by atoms with Crippen LogP contribution in [0.1, 0.15) is 27.0 Å². The molecule has 8 heteroatoms. The summed E-state index contributed by atoms with van der Waals surface area (Å²) in [6.07, 6.45) is 2.54. The molecule has 0 saturated heterocycles. The number of nitrogens with one attached hydrogen (secondary N) is 2. The smallest absolute Gasteiger partial charge is 0.271 e. The van der Waals surface area contributed by atoms with Crippen LogP contribution in [0.15, 0.2) is 94.5 Å². The second kappa shape index (κ2) is 13.9. The van der Waals surface area contributed by atoms with E-state index in [2.05, 4.69) is 56.0 Å². The van der Waals surface area contributed by atoms with Crippen molar-refractivity contribution in [3.63, 3.8) is 0 Å². The Hall–Kier alpha value is -3.65. The minimum atomic E-state index is -0.430. The van der Waals surface area contributed by atoms with Gasteiger partial charge in [-0.3, -0.25) is 4.79 Å². The van der Waals surface area contributed by atoms with Crippen LogP contribution in [0.4, 0.5) is 0 Å². The number of hydrogen-bond acceptors (Lipinski definition) is 5. The monoisotopic (exact) mass is 605 g/mol. The molecule has 0 saturated carbocycles. The molecule has 0 aliphatic carbocycles. The maximum atomic E-state index is 12.4. The number of hydrogen-bond donors (Lipinski definition) is 3. The Morgan fingerprint density at radius 3 is 2.54 bits per heavy atom. The third-order valence-corrected chi connectivity index (χ3v) is 6.83. The molecule has 0 spiro atoms. The average molecular weight is 607 g/mol. The summed E-state index contributed by atoms with van der Waals surface area (Å²) in [5.74, 6) is 0.302. The summed E-state index contributed by atoms with van der Waals surface area (Å²) in [6, 6.07) is 26.6. The zero-order valence-electron chi connectivity index (χ0n) is 21.5. The summed E-state index contributed by atoms with van der Waals surface area (Å²) in [6.45, 7) is 4.12. The summed E-state index contributed by atoms with van der Waals surface area (Å²) in [5, 5.41) is 17.2. The van der Waals surface area contributed by atoms with E-state index in [9.17, 15) is 9.90 Å². The van der Waals surface area contributed by atoms with Gasteiger partial charge < -0.3 is 15.2 Å². The van der Waals surface area contributed by atoms with Crippen LogP contribution in [-0.2, 0) is 6.42 Å². The fourth-order valence-corrected chi connectivity index (χ4v) is 4.46. The zero-order valence-corrected chi connectivity index (χ0v) is 23.8. The third-order valence-electron chi connectivity index (χ3n) is 6.00. The molecule has 6 nitrogen and oxygen atoms in total. The van der Waals surface area contributed by atoms with E-state index in [1.165, 1.54) is 23.8 Å². The molecule has 0 aliphatic rings. The number of rotatable bonds is 11. The van der Waals surface area contributed by atoms with Gasteiger partial charge in [-0.25, -0.2) is 5.43 Å². The van der Waals surface area contributed by atoms with Gasteiger partial charge in [-0.2, -0.15) is 5.10 Å². The second-order valence-electron chi connectivity index (χ2n) is 8.92. The zero-order chi connectivity index (χ0) is 27.6. The summed E-state index contributed by atoms with van der Waals surface area (Å²) < 4.78 is 7.33. The molecule has 4 rings (SSSR count). The third kappa shape index (κ3) is 8.17. The molecule has 4 aromatic rings. The molecule has 0 atom stereocenters. The number of hydrazone groups is 1. The van der Waals surface area contributed by atoms with Crippen LogP contribution in [0.5, 0.6) is 11.5 Å². The second-order valence-corrected chi connectivity index (χ2v) is 10.2. The van der Waals surface area contributed by atoms with E-state index in [0.717, 1.165) is 52.0 Å². The SMILES string of the molecule is Cc1cc(/C=N/NC(=O)c2ccc(O)c(Cl)c2)cc(-c2ccccc2)c1OCCNCCc1ccc(Br)cc1. The molecule has 4 aromatic carbocycles. The number of benzene rings is 4. The number of nitrogens with zero attached hydrogens (tertiary/aromatic N) is 1. The van der Waals surface area contributed by atoms with Crippen molar-refractivity contribution < 1.29 is 14.6 Å². The van der Waals surface area contributed by atoms with E-state index < -0.39 is 5.91 Å². The van der Waals surface area contributed by atoms with Gasteiger partial charge in [0.15, 0.2) is 0 Å². The first-order valence-corrected chi connectivity index (χ1v) is 13.7. The molecule has 0 radical (unpaired) electrons. The van der Waals surface area contributed by atoms with Gasteiger partial charge in [0.1, 0.15) is 18.1 Å². The minimum Gasteiger partial charge on any atom is -0.506 e. The molecule has 1 amide bonds. The Labute approximate surface area is 241 Å². The quantitative estimate of drug-likeness (QED) is 0.100. The minimum absolute atomic E-state index is 0.0839. The van der Waals surface area contributed by atoms with Crippen LogP contribution in [0, 0.1) is 6.92 Å². The molecule has 39 heavy (non-hydrogen) atoms. The lowest BCUT2D eigenvalue weighted by Gasteiger charge is -2.16. The highest BCUT2D eigenvalue weighted by molar-refractivity contribution is 9.10. The number of phenols is 1. The lowest BCUT2D eigenvalue weighted by molar-refractivity contribution is 0.0955. The Morgan fingerprint density at radius 1 is 1.03 bits per heavy atom. The average Bonchev–Trinajstić information content (AvgIpc) is 2.94. The van der Waals surface area contributed by atoms with Gasteiger partial charge in [0.05, 0.1) is 11.2 Å². The molecule has 200 valence electrons. The normalized spacial score (nSPS) is 11.1. The Morgan fingerprint density at radius 2 is 1.79 bits per heavy atom. The van der Waals surface area contributed by atoms with Crippen molar-refractivity contribution in [1.82, 2.24) is 10.7 Å². The number of amides is 1. The van der Waals surface area contributed by atoms with Crippen molar-refractivity contribution in [3.05, 3.63) is 117 Å². The molecule has 0 aromatic heterocycles. The van der Waals surface area contributed by atoms with Crippen LogP contribution < -0.4 is 15.5 Å². The Balaban J connectivity index is 1.40. The number of ether oxygens (including phenoxy) is 1. The van der Waals surface area contributed by atoms with Crippen molar-refractivity contribution in [1.29, 1.82) is 0 Å². The molecular weight excluding hydrogens is 578 g/mol. The van der Waals surface area contributed by atoms with E-state index in [4.69, 9.17) is 16.3 Å². The molecule has 0 fully saturated rings. The predicted octanol–water partition coefficient (Wildman–Crippen LogP) is 6.76. The van der Waals surface area contributed by atoms with Gasteiger partial charge in [0.25, 0.3) is 5.91 Å². The molecule has 0 unspecified atom stereocenters. The standard InChI is InChI=1S/C31H29BrClN3O3/c1-21-17-23(20-35-36-31(38)25-9-12-29(37)28(33)19-25)18-27(24-5-3-2-4-6-24)30(21)39-16-15-34-14-13-22-7-10-26(32)11-8-22/h2-12,17-20,34,37H,13-16H2,1H3,(H,36,38)/b35-20+. The van der Waals surface area contributed by atoms with Crippen LogP contribution in [0.3, 0.4) is 0 Å². The highest BCUT2D eigenvalue weighted by Gasteiger charge is 2.12. The summed E-state index contributed by atoms with van der Waals surface area (Å²) in [4.78, 5) is 12.4. The van der Waals surface area contributed by atoms with Gasteiger partial charge in [-0.05, 0) is 84.6 Å². The van der Waals surface area contributed by atoms with Crippen LogP contribution in [-0.4, -0.2) is 36.9 Å². The number of halogens is 2. The topological polar surface area (TPSA) is 83.0 Å². The number of aryl methyl sites for hydroxylation is 1. The van der Waals surface area contributed by atoms with Crippen molar-refractivity contribution in [2.75, 3.05) is 19.7 Å². The number of carbonyl (C=O) groups is 1. The number of carbonyl (C=O) groups excluding carboxylic acids is 1. The lowest BCUT2D eigenvalue weighted by atomic mass is 9.99. The number of aromatic hydroxyl groups is 1. The molecule has 0 heterocycles. The van der Waals surface area contributed by atoms with E-state index in [-0.39, 0.29) is 10.8 Å². The largest absolute Gasteiger partial charge is 0.506 e. The Bertz CT molecular complexity index is 1440. The van der Waals surface area contributed by atoms with Crippen molar-refractivity contribution in [3.8, 4) is 22.6 Å². The molecular formula is C31H29BrClN3O3. The predicted molar refractivity (Wildman–Crippen MR) is 161 cm³/mol. The molecule has 3 N–H and O–H groups in total. The van der Waals surface area contributed by atoms with Crippen LogP contribution in [0.2, 0.25) is 5.02 Å². The fourth-order valence-electron chi connectivity index (χ4n) is 4.01. The van der Waals surface area contributed by atoms with Gasteiger partial charge in [-0.15, -0.1) is 0 Å². The van der Waals surface area contributed by atoms with E-state index >= 15 is 0 Å². The highest BCUT2D eigenvalue weighted by atomic mass is 79.9. The van der Waals surface area contributed by atoms with Crippen LogP contribution >= 0.6 is 27.5 Å². The van der Waals surface area contributed by atoms with Crippen LogP contribution in [0.25, 0.3) is 11.1 Å². The first-order valence-electron chi connectivity index (χ1n) is 12.5. The highest BCUT2D eigenvalue weighted by Crippen LogP contribution is 2.34. The van der Waals surface area contributed by atoms with E-state index in [1.54, 1.807) is 6.21 Å². The summed E-state index contributed by atoms with van der Waals surface area (Å²) in [7, 11) is 0. The van der Waals surface area contributed by atoms with E-state index in [0.29, 0.717) is 12.2 Å². The first kappa shape index (κ1) is 28.4. The summed E-state index contributed by atoms with van der Waals surface area (Å²) in [5.41, 5.74) is 7.84. The van der Waals surface area contributed by atoms with Gasteiger partial charge >= 0.3 is 0 Å². The fraction of sp³-hybridized carbons (Fsp3) is 0.161. The molecule has 0 bridgehead atoms. The van der Waals surface area contributed by atoms with Gasteiger partial charge in [-0.1, -0.05) is 70.0 Å². The van der Waals surface area contributed by atoms with Gasteiger partial charge in [0.2, 0.25) is 0 Å². The first-order chi connectivity index (χ1) is 18.9. The van der Waals surface area contributed by atoms with Crippen molar-refractivity contribution in [2.24, 2.45) is 5.10 Å².